The molecule has 0 radical (unpaired) electrons. The van der Waals surface area contributed by atoms with Gasteiger partial charge in [0.1, 0.15) is 0 Å². The highest BCUT2D eigenvalue weighted by atomic mass is 32.1. The zero-order chi connectivity index (χ0) is 12.2. The van der Waals surface area contributed by atoms with Gasteiger partial charge in [-0.15, -0.1) is 11.3 Å². The van der Waals surface area contributed by atoms with Crippen molar-refractivity contribution in [2.75, 3.05) is 13.1 Å². The maximum Gasteiger partial charge on any atom is 0.443 e. The summed E-state index contributed by atoms with van der Waals surface area (Å²) in [5.74, 6) is -0.311. The van der Waals surface area contributed by atoms with Crippen LogP contribution in [0.15, 0.2) is 6.20 Å². The highest BCUT2D eigenvalue weighted by Gasteiger charge is 2.35. The van der Waals surface area contributed by atoms with Crippen molar-refractivity contribution in [3.8, 4) is 0 Å². The minimum atomic E-state index is -4.47. The van der Waals surface area contributed by atoms with Crippen LogP contribution < -0.4 is 5.32 Å². The number of carbonyl (C=O) groups excluding carboxylic acids is 1. The summed E-state index contributed by atoms with van der Waals surface area (Å²) in [6, 6.07) is 0. The lowest BCUT2D eigenvalue weighted by molar-refractivity contribution is -0.137. The highest BCUT2D eigenvalue weighted by molar-refractivity contribution is 7.13. The predicted octanol–water partition coefficient (Wildman–Crippen LogP) is 2.34. The first-order valence-electron chi connectivity index (χ1n) is 4.72. The molecule has 0 aliphatic heterocycles. The van der Waals surface area contributed by atoms with Crippen LogP contribution in [0.4, 0.5) is 13.2 Å². The first-order valence-corrected chi connectivity index (χ1v) is 5.53. The van der Waals surface area contributed by atoms with Crippen molar-refractivity contribution in [3.05, 3.63) is 16.1 Å². The lowest BCUT2D eigenvalue weighted by atomic mass is 10.2. The number of carbonyl (C=O) groups is 1. The zero-order valence-corrected chi connectivity index (χ0v) is 9.41. The third kappa shape index (κ3) is 3.57. The van der Waals surface area contributed by atoms with E-state index in [2.05, 4.69) is 10.3 Å². The minimum absolute atomic E-state index is 0.0604. The van der Waals surface area contributed by atoms with Gasteiger partial charge in [0, 0.05) is 19.2 Å². The number of halogens is 3. The van der Waals surface area contributed by atoms with Crippen molar-refractivity contribution in [2.45, 2.75) is 19.5 Å². The lowest BCUT2D eigenvalue weighted by Gasteiger charge is -1.99. The van der Waals surface area contributed by atoms with E-state index in [-0.39, 0.29) is 17.1 Å². The molecular formula is C9H11F3N2OS. The molecule has 0 saturated carbocycles. The predicted molar refractivity (Wildman–Crippen MR) is 54.6 cm³/mol. The Morgan fingerprint density at radius 1 is 1.56 bits per heavy atom. The van der Waals surface area contributed by atoms with Crippen LogP contribution in [0.3, 0.4) is 0 Å². The molecule has 0 spiro atoms. The molecule has 0 aliphatic rings. The normalized spacial score (nSPS) is 11.8. The molecule has 0 saturated heterocycles. The summed E-state index contributed by atoms with van der Waals surface area (Å²) in [7, 11) is 0. The lowest BCUT2D eigenvalue weighted by Crippen LogP contribution is -2.17. The van der Waals surface area contributed by atoms with Crippen molar-refractivity contribution >= 4 is 17.1 Å². The minimum Gasteiger partial charge on any atom is -0.317 e. The second kappa shape index (κ2) is 5.40. The van der Waals surface area contributed by atoms with E-state index < -0.39 is 11.2 Å². The second-order valence-corrected chi connectivity index (χ2v) is 4.08. The fourth-order valence-corrected chi connectivity index (χ4v) is 1.79. The number of thiazole rings is 1. The van der Waals surface area contributed by atoms with Crippen LogP contribution in [0.5, 0.6) is 0 Å². The Bertz CT molecular complexity index is 362. The monoisotopic (exact) mass is 252 g/mol. The van der Waals surface area contributed by atoms with E-state index in [1.165, 1.54) is 0 Å². The first-order chi connectivity index (χ1) is 7.45. The van der Waals surface area contributed by atoms with Gasteiger partial charge in [0.2, 0.25) is 0 Å². The van der Waals surface area contributed by atoms with E-state index >= 15 is 0 Å². The van der Waals surface area contributed by atoms with Crippen LogP contribution in [0, 0.1) is 0 Å². The maximum absolute atomic E-state index is 12.2. The van der Waals surface area contributed by atoms with Gasteiger partial charge in [-0.1, -0.05) is 6.92 Å². The Hall–Kier alpha value is -0.950. The molecule has 1 N–H and O–H groups in total. The summed E-state index contributed by atoms with van der Waals surface area (Å²) in [6.45, 7) is 3.08. The third-order valence-corrected chi connectivity index (χ3v) is 2.89. The maximum atomic E-state index is 12.2. The van der Waals surface area contributed by atoms with Gasteiger partial charge < -0.3 is 5.32 Å². The molecule has 0 aromatic carbocycles. The van der Waals surface area contributed by atoms with E-state index in [0.717, 1.165) is 12.7 Å². The molecule has 16 heavy (non-hydrogen) atoms. The van der Waals surface area contributed by atoms with Crippen LogP contribution in [-0.2, 0) is 6.18 Å². The second-order valence-electron chi connectivity index (χ2n) is 3.05. The Morgan fingerprint density at radius 3 is 2.75 bits per heavy atom. The molecule has 1 rings (SSSR count). The smallest absolute Gasteiger partial charge is 0.317 e. The summed E-state index contributed by atoms with van der Waals surface area (Å²) < 4.78 is 36.6. The molecule has 3 nitrogen and oxygen atoms in total. The highest BCUT2D eigenvalue weighted by Crippen LogP contribution is 2.32. The van der Waals surface area contributed by atoms with Crippen LogP contribution in [0.1, 0.15) is 28.0 Å². The number of alkyl halides is 3. The zero-order valence-electron chi connectivity index (χ0n) is 8.60. The Balaban J connectivity index is 2.60. The van der Waals surface area contributed by atoms with Gasteiger partial charge in [-0.3, -0.25) is 4.79 Å². The Kier molecular flexibility index (Phi) is 4.43. The molecule has 1 aromatic rings. The molecule has 0 fully saturated rings. The van der Waals surface area contributed by atoms with Gasteiger partial charge in [-0.2, -0.15) is 13.2 Å². The number of Topliss-reactive ketones (excluding diaryl/α,β-unsaturated/α-hetero) is 1. The van der Waals surface area contributed by atoms with E-state index in [0.29, 0.717) is 17.9 Å². The van der Waals surface area contributed by atoms with Gasteiger partial charge in [-0.25, -0.2) is 4.98 Å². The molecule has 1 aromatic heterocycles. The molecule has 0 bridgehead atoms. The van der Waals surface area contributed by atoms with Gasteiger partial charge in [-0.05, 0) is 6.54 Å². The molecule has 0 atom stereocenters. The number of ketones is 1. The van der Waals surface area contributed by atoms with Crippen molar-refractivity contribution in [1.29, 1.82) is 0 Å². The van der Waals surface area contributed by atoms with E-state index in [9.17, 15) is 18.0 Å². The van der Waals surface area contributed by atoms with E-state index in [1.54, 1.807) is 0 Å². The standard InChI is InChI=1S/C9H11F3N2OS/c1-2-13-4-3-6(15)7-5-14-8(16-7)9(10,11)12/h5,13H,2-4H2,1H3. The van der Waals surface area contributed by atoms with Gasteiger partial charge in [0.05, 0.1) is 4.88 Å². The summed E-state index contributed by atoms with van der Waals surface area (Å²) in [5, 5.41) is 1.95. The molecule has 0 unspecified atom stereocenters. The largest absolute Gasteiger partial charge is 0.443 e. The van der Waals surface area contributed by atoms with Crippen LogP contribution in [0.25, 0.3) is 0 Å². The average molecular weight is 252 g/mol. The molecule has 0 amide bonds. The SMILES string of the molecule is CCNCCC(=O)c1cnc(C(F)(F)F)s1. The van der Waals surface area contributed by atoms with Crippen LogP contribution in [-0.4, -0.2) is 23.9 Å². The molecule has 90 valence electrons. The average Bonchev–Trinajstić information content (AvgIpc) is 2.66. The number of rotatable bonds is 5. The topological polar surface area (TPSA) is 42.0 Å². The summed E-state index contributed by atoms with van der Waals surface area (Å²) in [5.41, 5.74) is 0. The van der Waals surface area contributed by atoms with E-state index in [4.69, 9.17) is 0 Å². The van der Waals surface area contributed by atoms with E-state index in [1.807, 2.05) is 6.92 Å². The number of nitrogens with one attached hydrogen (secondary N) is 1. The van der Waals surface area contributed by atoms with Crippen molar-refractivity contribution in [3.63, 3.8) is 0 Å². The summed E-state index contributed by atoms with van der Waals surface area (Å²) in [4.78, 5) is 14.7. The third-order valence-electron chi connectivity index (χ3n) is 1.80. The molecule has 7 heteroatoms. The van der Waals surface area contributed by atoms with Gasteiger partial charge >= 0.3 is 6.18 Å². The number of aromatic nitrogens is 1. The quantitative estimate of drug-likeness (QED) is 0.646. The van der Waals surface area contributed by atoms with Gasteiger partial charge in [0.15, 0.2) is 10.8 Å². The number of hydrogen-bond acceptors (Lipinski definition) is 4. The molecule has 1 heterocycles. The molecule has 0 aliphatic carbocycles. The van der Waals surface area contributed by atoms with Crippen LogP contribution in [0.2, 0.25) is 0 Å². The van der Waals surface area contributed by atoms with Crippen LogP contribution >= 0.6 is 11.3 Å². The van der Waals surface area contributed by atoms with Crippen molar-refractivity contribution in [2.24, 2.45) is 0 Å². The van der Waals surface area contributed by atoms with Crippen molar-refractivity contribution in [1.82, 2.24) is 10.3 Å². The summed E-state index contributed by atoms with van der Waals surface area (Å²) in [6.07, 6.45) is -3.29. The number of hydrogen-bond donors (Lipinski definition) is 1. The summed E-state index contributed by atoms with van der Waals surface area (Å²) >= 11 is 0.393. The van der Waals surface area contributed by atoms with Crippen molar-refractivity contribution < 1.29 is 18.0 Å². The fraction of sp³-hybridized carbons (Fsp3) is 0.556. The molecular weight excluding hydrogens is 241 g/mol. The van der Waals surface area contributed by atoms with Gasteiger partial charge in [0.25, 0.3) is 0 Å². The fourth-order valence-electron chi connectivity index (χ4n) is 1.04. The first kappa shape index (κ1) is 13.1. The Morgan fingerprint density at radius 2 is 2.25 bits per heavy atom. The number of nitrogens with zero attached hydrogens (tertiary/aromatic N) is 1. The Labute approximate surface area is 94.7 Å².